The Morgan fingerprint density at radius 2 is 1.36 bits per heavy atom. The Balaban J connectivity index is 0.000000652. The second-order valence-corrected chi connectivity index (χ2v) is 11.5. The van der Waals surface area contributed by atoms with Crippen LogP contribution in [0.2, 0.25) is 0 Å². The standard InChI is InChI=1S/C34H32N3.ClHO4/c1-34(2)29-16-10-11-17-31(29)36(3)33(34)23-20-25-18-21-28(22-19-25)37-32(27-14-8-5-9-15-27)24-30(35-37)26-12-6-4-7-13-26;2-1(3,4)5/h4-23,32H,24H2,1-3H3;(H,2,3,4,5)/q+1;/p-1. The lowest BCUT2D eigenvalue weighted by Crippen LogP contribution is -2.68. The summed E-state index contributed by atoms with van der Waals surface area (Å²) in [6.07, 6.45) is 5.37. The highest BCUT2D eigenvalue weighted by Gasteiger charge is 2.42. The summed E-state index contributed by atoms with van der Waals surface area (Å²) in [7, 11) is -2.78. The number of rotatable bonds is 5. The SMILES string of the molecule is C[N+]1=C(/C=C/c2ccc(N3N=C(c4ccccc4)CC3c3ccccc3)cc2)C(C)(C)c2ccccc21.[O-][Cl+3]([O-])([O-])[O-]. The fraction of sp³-hybridized carbons (Fsp3) is 0.176. The number of benzene rings is 4. The molecule has 0 bridgehead atoms. The second-order valence-electron chi connectivity index (χ2n) is 10.8. The molecule has 0 spiro atoms. The molecule has 0 N–H and O–H groups in total. The Labute approximate surface area is 248 Å². The van der Waals surface area contributed by atoms with Crippen molar-refractivity contribution in [1.82, 2.24) is 0 Å². The second kappa shape index (κ2) is 12.0. The number of allylic oxidation sites excluding steroid dienone is 1. The number of hydrogen-bond donors (Lipinski definition) is 0. The summed E-state index contributed by atoms with van der Waals surface area (Å²) in [6.45, 7) is 4.61. The number of halogens is 1. The van der Waals surface area contributed by atoms with Gasteiger partial charge in [-0.25, -0.2) is 18.6 Å². The van der Waals surface area contributed by atoms with Gasteiger partial charge in [-0.2, -0.15) is 9.68 Å². The van der Waals surface area contributed by atoms with Crippen LogP contribution in [0.25, 0.3) is 6.08 Å². The van der Waals surface area contributed by atoms with E-state index in [4.69, 9.17) is 23.7 Å². The van der Waals surface area contributed by atoms with Crippen LogP contribution in [0.4, 0.5) is 11.4 Å². The van der Waals surface area contributed by atoms with Crippen molar-refractivity contribution in [2.45, 2.75) is 31.7 Å². The lowest BCUT2D eigenvalue weighted by molar-refractivity contribution is -2.00. The van der Waals surface area contributed by atoms with Crippen molar-refractivity contribution in [2.24, 2.45) is 5.10 Å². The van der Waals surface area contributed by atoms with Crippen molar-refractivity contribution in [3.63, 3.8) is 0 Å². The first-order valence-electron chi connectivity index (χ1n) is 13.6. The quantitative estimate of drug-likeness (QED) is 0.336. The van der Waals surface area contributed by atoms with Crippen LogP contribution >= 0.6 is 0 Å². The van der Waals surface area contributed by atoms with E-state index in [2.05, 4.69) is 152 Å². The van der Waals surface area contributed by atoms with E-state index in [9.17, 15) is 0 Å². The highest BCUT2D eigenvalue weighted by Crippen LogP contribution is 2.39. The average Bonchev–Trinajstić information content (AvgIpc) is 3.50. The molecule has 4 aromatic rings. The Kier molecular flexibility index (Phi) is 8.41. The number of para-hydroxylation sites is 1. The number of anilines is 1. The van der Waals surface area contributed by atoms with Gasteiger partial charge in [0.05, 0.1) is 22.9 Å². The molecule has 8 heteroatoms. The van der Waals surface area contributed by atoms with Crippen molar-refractivity contribution >= 4 is 28.9 Å². The minimum Gasteiger partial charge on any atom is -0.257 e. The third kappa shape index (κ3) is 6.51. The van der Waals surface area contributed by atoms with Crippen molar-refractivity contribution in [1.29, 1.82) is 0 Å². The van der Waals surface area contributed by atoms with Gasteiger partial charge >= 0.3 is 0 Å². The van der Waals surface area contributed by atoms with Crippen LogP contribution in [-0.4, -0.2) is 23.0 Å². The number of hydrazone groups is 1. The first-order valence-corrected chi connectivity index (χ1v) is 14.8. The largest absolute Gasteiger partial charge is 0.257 e. The summed E-state index contributed by atoms with van der Waals surface area (Å²) in [5.74, 6) is 0. The number of nitrogens with zero attached hydrogens (tertiary/aromatic N) is 3. The van der Waals surface area contributed by atoms with Crippen LogP contribution in [0.1, 0.15) is 48.6 Å². The molecule has 0 saturated carbocycles. The van der Waals surface area contributed by atoms with E-state index in [-0.39, 0.29) is 11.5 Å². The van der Waals surface area contributed by atoms with E-state index >= 15 is 0 Å². The van der Waals surface area contributed by atoms with Gasteiger partial charge in [0.15, 0.2) is 5.71 Å². The molecule has 0 aliphatic carbocycles. The summed E-state index contributed by atoms with van der Waals surface area (Å²) in [6, 6.07) is 38.9. The molecule has 4 aromatic carbocycles. The van der Waals surface area contributed by atoms with Gasteiger partial charge in [-0.05, 0) is 48.7 Å². The Hall–Kier alpha value is -4.11. The summed E-state index contributed by atoms with van der Waals surface area (Å²) in [4.78, 5) is 0. The molecule has 0 aromatic heterocycles. The maximum Gasteiger partial charge on any atom is 0.209 e. The maximum absolute atomic E-state index is 8.49. The molecule has 0 saturated heterocycles. The fourth-order valence-electron chi connectivity index (χ4n) is 5.70. The van der Waals surface area contributed by atoms with E-state index in [1.54, 1.807) is 0 Å². The molecule has 0 fully saturated rings. The Bertz CT molecular complexity index is 1620. The first kappa shape index (κ1) is 29.4. The van der Waals surface area contributed by atoms with Gasteiger partial charge in [0.2, 0.25) is 5.69 Å². The van der Waals surface area contributed by atoms with Gasteiger partial charge in [-0.3, -0.25) is 5.01 Å². The molecule has 2 aliphatic rings. The smallest absolute Gasteiger partial charge is 0.209 e. The van der Waals surface area contributed by atoms with E-state index in [0.717, 1.165) is 17.8 Å². The highest BCUT2D eigenvalue weighted by molar-refractivity contribution is 6.05. The molecule has 42 heavy (non-hydrogen) atoms. The van der Waals surface area contributed by atoms with Gasteiger partial charge in [0.1, 0.15) is 7.05 Å². The summed E-state index contributed by atoms with van der Waals surface area (Å²) in [5.41, 5.74) is 9.82. The molecule has 2 aliphatic heterocycles. The van der Waals surface area contributed by atoms with Crippen molar-refractivity contribution in [3.8, 4) is 0 Å². The van der Waals surface area contributed by atoms with Crippen LogP contribution in [0.15, 0.2) is 120 Å². The van der Waals surface area contributed by atoms with Crippen LogP contribution in [-0.2, 0) is 5.41 Å². The van der Waals surface area contributed by atoms with E-state index in [0.29, 0.717) is 0 Å². The van der Waals surface area contributed by atoms with Gasteiger partial charge in [0, 0.05) is 24.1 Å². The molecular weight excluding hydrogens is 550 g/mol. The van der Waals surface area contributed by atoms with Gasteiger partial charge in [-0.15, -0.1) is 10.2 Å². The molecule has 1 unspecified atom stereocenters. The number of hydrogen-bond acceptors (Lipinski definition) is 6. The Morgan fingerprint density at radius 3 is 1.98 bits per heavy atom. The van der Waals surface area contributed by atoms with Crippen LogP contribution in [0, 0.1) is 10.2 Å². The maximum atomic E-state index is 8.49. The third-order valence-electron chi connectivity index (χ3n) is 7.73. The normalized spacial score (nSPS) is 17.6. The van der Waals surface area contributed by atoms with E-state index < -0.39 is 10.2 Å². The molecule has 2 heterocycles. The molecule has 1 atom stereocenters. The lowest BCUT2D eigenvalue weighted by Gasteiger charge is -2.24. The average molecular weight is 582 g/mol. The molecule has 7 nitrogen and oxygen atoms in total. The third-order valence-corrected chi connectivity index (χ3v) is 7.73. The molecule has 0 radical (unpaired) electrons. The van der Waals surface area contributed by atoms with Crippen LogP contribution in [0.3, 0.4) is 0 Å². The predicted molar refractivity (Wildman–Crippen MR) is 155 cm³/mol. The zero-order valence-corrected chi connectivity index (χ0v) is 24.4. The lowest BCUT2D eigenvalue weighted by atomic mass is 9.81. The minimum absolute atomic E-state index is 0.0250. The van der Waals surface area contributed by atoms with Crippen LogP contribution in [0.5, 0.6) is 0 Å². The van der Waals surface area contributed by atoms with Crippen molar-refractivity contribution in [2.75, 3.05) is 12.1 Å². The summed E-state index contributed by atoms with van der Waals surface area (Å²) >= 11 is 0. The first-order chi connectivity index (χ1) is 20.0. The minimum atomic E-state index is -4.94. The molecule has 6 rings (SSSR count). The van der Waals surface area contributed by atoms with Gasteiger partial charge < -0.3 is 0 Å². The van der Waals surface area contributed by atoms with E-state index in [1.807, 2.05) is 0 Å². The van der Waals surface area contributed by atoms with Gasteiger partial charge in [0.25, 0.3) is 0 Å². The Morgan fingerprint density at radius 1 is 0.786 bits per heavy atom. The van der Waals surface area contributed by atoms with Gasteiger partial charge in [-0.1, -0.05) is 91.0 Å². The predicted octanol–water partition coefficient (Wildman–Crippen LogP) is 3.01. The molecule has 0 amide bonds. The monoisotopic (exact) mass is 581 g/mol. The molecular formula is C34H32ClN3O4. The molecule has 214 valence electrons. The zero-order chi connectivity index (χ0) is 29.9. The van der Waals surface area contributed by atoms with Crippen molar-refractivity contribution < 1.29 is 33.5 Å². The summed E-state index contributed by atoms with van der Waals surface area (Å²) in [5, 5.41) is 7.28. The van der Waals surface area contributed by atoms with E-state index in [1.165, 1.54) is 33.7 Å². The topological polar surface area (TPSA) is 111 Å². The zero-order valence-electron chi connectivity index (χ0n) is 23.7. The summed E-state index contributed by atoms with van der Waals surface area (Å²) < 4.78 is 36.3. The number of fused-ring (bicyclic) bond motifs is 1. The fourth-order valence-corrected chi connectivity index (χ4v) is 5.70. The van der Waals surface area contributed by atoms with Crippen molar-refractivity contribution in [3.05, 3.63) is 138 Å². The highest BCUT2D eigenvalue weighted by atomic mass is 35.7. The van der Waals surface area contributed by atoms with Crippen LogP contribution < -0.4 is 23.6 Å².